The number of pyridine rings is 1. The van der Waals surface area contributed by atoms with E-state index < -0.39 is 0 Å². The SMILES string of the molecule is CN1CCN(Cc2ccc(N=C(/C=C(\N)C(C)(C)C)NC(=O)N[C@H]3CC[C@@H](Oc4ccc(=N)n(C(=N)N5CCCCC5)c4)c4ccccc43)cc2)CC1. The van der Waals surface area contributed by atoms with Crippen molar-refractivity contribution in [3.05, 3.63) is 101 Å². The minimum Gasteiger partial charge on any atom is -0.484 e. The zero-order valence-electron chi connectivity index (χ0n) is 31.7. The van der Waals surface area contributed by atoms with Gasteiger partial charge in [-0.25, -0.2) is 9.79 Å². The topological polar surface area (TPSA) is 151 Å². The van der Waals surface area contributed by atoms with Gasteiger partial charge in [0, 0.05) is 63.0 Å². The molecule has 2 saturated heterocycles. The van der Waals surface area contributed by atoms with Crippen molar-refractivity contribution in [1.29, 1.82) is 10.8 Å². The Morgan fingerprint density at radius 3 is 2.34 bits per heavy atom. The van der Waals surface area contributed by atoms with Crippen molar-refractivity contribution in [1.82, 2.24) is 29.9 Å². The molecule has 0 unspecified atom stereocenters. The average molecular weight is 721 g/mol. The minimum atomic E-state index is -0.365. The summed E-state index contributed by atoms with van der Waals surface area (Å²) in [5.41, 5.74) is 11.0. The summed E-state index contributed by atoms with van der Waals surface area (Å²) in [6.45, 7) is 12.9. The van der Waals surface area contributed by atoms with Gasteiger partial charge in [0.05, 0.1) is 17.9 Å². The quantitative estimate of drug-likeness (QED) is 0.153. The predicted molar refractivity (Wildman–Crippen MR) is 210 cm³/mol. The van der Waals surface area contributed by atoms with E-state index in [2.05, 4.69) is 39.6 Å². The van der Waals surface area contributed by atoms with Crippen LogP contribution in [0.15, 0.2) is 83.6 Å². The molecule has 53 heavy (non-hydrogen) atoms. The third-order valence-corrected chi connectivity index (χ3v) is 10.4. The number of fused-ring (bicyclic) bond motifs is 1. The molecule has 2 aliphatic heterocycles. The zero-order valence-corrected chi connectivity index (χ0v) is 31.7. The molecule has 6 rings (SSSR count). The summed E-state index contributed by atoms with van der Waals surface area (Å²) in [6.07, 6.45) is 7.87. The molecule has 12 nitrogen and oxygen atoms in total. The van der Waals surface area contributed by atoms with Crippen LogP contribution in [0.2, 0.25) is 0 Å². The summed E-state index contributed by atoms with van der Waals surface area (Å²) in [7, 11) is 2.16. The average Bonchev–Trinajstić information content (AvgIpc) is 3.14. The Hall–Kier alpha value is -4.94. The van der Waals surface area contributed by atoms with Gasteiger partial charge in [-0.1, -0.05) is 57.2 Å². The van der Waals surface area contributed by atoms with Crippen molar-refractivity contribution in [2.24, 2.45) is 16.1 Å². The number of rotatable bonds is 7. The largest absolute Gasteiger partial charge is 0.484 e. The maximum atomic E-state index is 13.6. The van der Waals surface area contributed by atoms with Gasteiger partial charge < -0.3 is 25.6 Å². The molecule has 1 aromatic heterocycles. The maximum Gasteiger partial charge on any atom is 0.320 e. The van der Waals surface area contributed by atoms with Crippen molar-refractivity contribution < 1.29 is 9.53 Å². The molecule has 3 aliphatic rings. The Labute approximate surface area is 313 Å². The molecule has 3 aromatic rings. The number of carbonyl (C=O) groups excluding carboxylic acids is 1. The van der Waals surface area contributed by atoms with Gasteiger partial charge in [-0.2, -0.15) is 0 Å². The van der Waals surface area contributed by atoms with Crippen LogP contribution in [0.25, 0.3) is 0 Å². The number of piperidine rings is 1. The highest BCUT2D eigenvalue weighted by Crippen LogP contribution is 2.38. The molecule has 282 valence electrons. The van der Waals surface area contributed by atoms with Crippen LogP contribution in [0.3, 0.4) is 0 Å². The summed E-state index contributed by atoms with van der Waals surface area (Å²) >= 11 is 0. The van der Waals surface area contributed by atoms with Crippen LogP contribution in [0.1, 0.15) is 81.7 Å². The molecule has 2 atom stereocenters. The van der Waals surface area contributed by atoms with E-state index in [0.29, 0.717) is 36.1 Å². The molecule has 0 spiro atoms. The molecule has 12 heteroatoms. The number of hydrogen-bond donors (Lipinski definition) is 5. The van der Waals surface area contributed by atoms with Crippen LogP contribution >= 0.6 is 0 Å². The van der Waals surface area contributed by atoms with E-state index in [9.17, 15) is 4.79 Å². The molecule has 2 amide bonds. The number of hydrogen-bond acceptors (Lipinski definition) is 8. The van der Waals surface area contributed by atoms with E-state index in [1.165, 1.54) is 12.0 Å². The summed E-state index contributed by atoms with van der Waals surface area (Å²) in [5.74, 6) is 1.27. The van der Waals surface area contributed by atoms with E-state index in [1.807, 2.05) is 62.1 Å². The van der Waals surface area contributed by atoms with Gasteiger partial charge in [0.15, 0.2) is 0 Å². The second-order valence-corrected chi connectivity index (χ2v) is 15.5. The third kappa shape index (κ3) is 9.94. The number of urea groups is 1. The highest BCUT2D eigenvalue weighted by Gasteiger charge is 2.30. The summed E-state index contributed by atoms with van der Waals surface area (Å²) < 4.78 is 8.13. The standard InChI is InChI=1S/C41H56N10O2/c1-41(2,3)36(42)26-38(45-30-14-12-29(13-15-30)27-49-24-22-48(4)23-25-49)47-40(52)46-34-17-18-35(33-11-7-6-10-32(33)34)53-31-16-19-37(43)51(28-31)39(44)50-20-8-5-9-21-50/h6-7,10-16,19,26,28,34-35,43-44H,5,8-9,17-18,20-25,27,42H2,1-4H3,(H2,45,46,47,52)/b36-26-,43-37?,44-39?/t34-,35+/m0/s1. The van der Waals surface area contributed by atoms with Crippen molar-refractivity contribution >= 4 is 23.5 Å². The number of nitrogens with two attached hydrogens (primary N) is 1. The highest BCUT2D eigenvalue weighted by atomic mass is 16.5. The molecular weight excluding hydrogens is 665 g/mol. The number of nitrogens with zero attached hydrogens (tertiary/aromatic N) is 5. The fourth-order valence-electron chi connectivity index (χ4n) is 7.02. The highest BCUT2D eigenvalue weighted by molar-refractivity contribution is 6.05. The van der Waals surface area contributed by atoms with Crippen LogP contribution in [0.5, 0.6) is 5.75 Å². The number of allylic oxidation sites excluding steroid dienone is 1. The van der Waals surface area contributed by atoms with E-state index >= 15 is 0 Å². The van der Waals surface area contributed by atoms with Gasteiger partial charge in [0.25, 0.3) is 0 Å². The van der Waals surface area contributed by atoms with Gasteiger partial charge in [0.1, 0.15) is 23.2 Å². The fourth-order valence-corrected chi connectivity index (χ4v) is 7.02. The number of aromatic nitrogens is 1. The number of amides is 2. The molecule has 3 heterocycles. The number of likely N-dealkylation sites (N-methyl/N-ethyl adjacent to an activating group) is 1. The van der Waals surface area contributed by atoms with Gasteiger partial charge in [0.2, 0.25) is 5.96 Å². The fraction of sp³-hybridized carbons (Fsp3) is 0.463. The molecule has 2 aromatic carbocycles. The minimum absolute atomic E-state index is 0.238. The predicted octanol–water partition coefficient (Wildman–Crippen LogP) is 5.86. The number of piperazine rings is 1. The summed E-state index contributed by atoms with van der Waals surface area (Å²) in [6, 6.07) is 19.1. The Morgan fingerprint density at radius 2 is 1.64 bits per heavy atom. The van der Waals surface area contributed by atoms with E-state index in [-0.39, 0.29) is 29.1 Å². The van der Waals surface area contributed by atoms with Crippen LogP contribution < -0.4 is 26.6 Å². The van der Waals surface area contributed by atoms with Gasteiger partial charge >= 0.3 is 6.03 Å². The Morgan fingerprint density at radius 1 is 0.943 bits per heavy atom. The first kappa shape index (κ1) is 37.8. The molecule has 1 aliphatic carbocycles. The second kappa shape index (κ2) is 16.8. The van der Waals surface area contributed by atoms with Gasteiger partial charge in [-0.3, -0.25) is 25.6 Å². The maximum absolute atomic E-state index is 13.6. The van der Waals surface area contributed by atoms with Crippen molar-refractivity contribution in [2.75, 3.05) is 46.3 Å². The number of aliphatic imine (C=N–C) groups is 1. The molecule has 6 N–H and O–H groups in total. The Bertz CT molecular complexity index is 1860. The lowest BCUT2D eigenvalue weighted by molar-refractivity contribution is 0.148. The van der Waals surface area contributed by atoms with Crippen molar-refractivity contribution in [3.8, 4) is 5.75 Å². The van der Waals surface area contributed by atoms with Crippen molar-refractivity contribution in [2.45, 2.75) is 71.6 Å². The lowest BCUT2D eigenvalue weighted by atomic mass is 9.85. The number of likely N-dealkylation sites (tertiary alicyclic amines) is 1. The summed E-state index contributed by atoms with van der Waals surface area (Å²) in [4.78, 5) is 25.3. The van der Waals surface area contributed by atoms with Crippen LogP contribution in [-0.4, -0.2) is 83.4 Å². The smallest absolute Gasteiger partial charge is 0.320 e. The van der Waals surface area contributed by atoms with Gasteiger partial charge in [-0.15, -0.1) is 0 Å². The summed E-state index contributed by atoms with van der Waals surface area (Å²) in [5, 5.41) is 23.4. The first-order chi connectivity index (χ1) is 25.4. The van der Waals surface area contributed by atoms with E-state index in [1.54, 1.807) is 29.0 Å². The van der Waals surface area contributed by atoms with Crippen molar-refractivity contribution in [3.63, 3.8) is 0 Å². The van der Waals surface area contributed by atoms with Crippen LogP contribution in [0.4, 0.5) is 10.5 Å². The van der Waals surface area contributed by atoms with Crippen LogP contribution in [-0.2, 0) is 6.54 Å². The number of amidine groups is 1. The van der Waals surface area contributed by atoms with Crippen LogP contribution in [0, 0.1) is 16.2 Å². The lowest BCUT2D eigenvalue weighted by Gasteiger charge is -2.33. The number of ether oxygens (including phenoxy) is 1. The molecule has 2 fully saturated rings. The lowest BCUT2D eigenvalue weighted by Crippen LogP contribution is -2.43. The Kier molecular flexibility index (Phi) is 12.0. The van der Waals surface area contributed by atoms with Gasteiger partial charge in [-0.05, 0) is 80.1 Å². The Balaban J connectivity index is 1.14. The van der Waals surface area contributed by atoms with E-state index in [4.69, 9.17) is 26.3 Å². The second-order valence-electron chi connectivity index (χ2n) is 15.5. The number of benzene rings is 2. The number of carbonyl (C=O) groups is 1. The first-order valence-corrected chi connectivity index (χ1v) is 18.9. The monoisotopic (exact) mass is 720 g/mol. The van der Waals surface area contributed by atoms with E-state index in [0.717, 1.165) is 75.5 Å². The molecule has 0 saturated carbocycles. The molecular formula is C41H56N10O2. The third-order valence-electron chi connectivity index (χ3n) is 10.4. The molecule has 0 bridgehead atoms. The molecule has 0 radical (unpaired) electrons. The first-order valence-electron chi connectivity index (χ1n) is 18.9. The number of nitrogens with one attached hydrogen (secondary N) is 4. The zero-order chi connectivity index (χ0) is 37.5. The normalized spacial score (nSPS) is 20.4.